The zero-order valence-electron chi connectivity index (χ0n) is 11.7. The average Bonchev–Trinajstić information content (AvgIpc) is 2.40. The number of piperidine rings is 1. The number of aliphatic carboxylic acids is 1. The molecule has 110 valence electrons. The lowest BCUT2D eigenvalue weighted by Gasteiger charge is -2.32. The molecule has 0 aromatic heterocycles. The van der Waals surface area contributed by atoms with E-state index in [0.29, 0.717) is 5.75 Å². The van der Waals surface area contributed by atoms with E-state index in [0.717, 1.165) is 38.0 Å². The highest BCUT2D eigenvalue weighted by atomic mass is 16.5. The van der Waals surface area contributed by atoms with Gasteiger partial charge in [-0.2, -0.15) is 0 Å². The molecule has 0 amide bonds. The molecule has 1 heterocycles. The van der Waals surface area contributed by atoms with Gasteiger partial charge in [-0.1, -0.05) is 6.07 Å². The van der Waals surface area contributed by atoms with E-state index in [4.69, 9.17) is 9.84 Å². The summed E-state index contributed by atoms with van der Waals surface area (Å²) >= 11 is 0. The van der Waals surface area contributed by atoms with Crippen LogP contribution in [0.2, 0.25) is 0 Å². The van der Waals surface area contributed by atoms with Crippen molar-refractivity contribution in [2.75, 3.05) is 20.2 Å². The first-order valence-electron chi connectivity index (χ1n) is 6.88. The normalized spacial score (nSPS) is 19.8. The number of phenolic OH excluding ortho intramolecular Hbond substituents is 1. The Bertz CT molecular complexity index is 475. The molecule has 1 atom stereocenters. The number of phenols is 1. The van der Waals surface area contributed by atoms with Crippen molar-refractivity contribution in [2.24, 2.45) is 5.92 Å². The Morgan fingerprint density at radius 3 is 3.00 bits per heavy atom. The summed E-state index contributed by atoms with van der Waals surface area (Å²) in [6.07, 6.45) is 2.27. The summed E-state index contributed by atoms with van der Waals surface area (Å²) in [5.41, 5.74) is 1.07. The number of ether oxygens (including phenoxy) is 1. The topological polar surface area (TPSA) is 70.0 Å². The van der Waals surface area contributed by atoms with Crippen LogP contribution < -0.4 is 4.74 Å². The third-order valence-corrected chi connectivity index (χ3v) is 3.72. The highest BCUT2D eigenvalue weighted by Crippen LogP contribution is 2.28. The van der Waals surface area contributed by atoms with Crippen LogP contribution >= 0.6 is 0 Å². The summed E-state index contributed by atoms with van der Waals surface area (Å²) in [6.45, 7) is 2.56. The monoisotopic (exact) mass is 279 g/mol. The molecule has 0 saturated carbocycles. The van der Waals surface area contributed by atoms with E-state index in [9.17, 15) is 9.90 Å². The fourth-order valence-electron chi connectivity index (χ4n) is 2.79. The fourth-order valence-corrected chi connectivity index (χ4v) is 2.79. The lowest BCUT2D eigenvalue weighted by atomic mass is 9.94. The molecule has 1 saturated heterocycles. The summed E-state index contributed by atoms with van der Waals surface area (Å²) in [6, 6.07) is 5.33. The van der Waals surface area contributed by atoms with Crippen molar-refractivity contribution in [2.45, 2.75) is 25.8 Å². The number of rotatable bonds is 5. The number of carboxylic acid groups (broad SMARTS) is 1. The van der Waals surface area contributed by atoms with Gasteiger partial charge in [0.15, 0.2) is 11.5 Å². The number of aromatic hydroxyl groups is 1. The van der Waals surface area contributed by atoms with Crippen LogP contribution in [-0.2, 0) is 11.3 Å². The molecule has 1 aliphatic rings. The van der Waals surface area contributed by atoms with E-state index in [1.807, 2.05) is 12.1 Å². The van der Waals surface area contributed by atoms with Crippen molar-refractivity contribution < 1.29 is 19.7 Å². The Kier molecular flexibility index (Phi) is 4.84. The van der Waals surface area contributed by atoms with Crippen LogP contribution in [0.3, 0.4) is 0 Å². The molecule has 20 heavy (non-hydrogen) atoms. The number of likely N-dealkylation sites (tertiary alicyclic amines) is 1. The van der Waals surface area contributed by atoms with Crippen molar-refractivity contribution in [3.63, 3.8) is 0 Å². The van der Waals surface area contributed by atoms with E-state index in [1.165, 1.54) is 7.11 Å². The molecule has 2 rings (SSSR count). The van der Waals surface area contributed by atoms with Crippen molar-refractivity contribution in [1.82, 2.24) is 4.90 Å². The molecule has 1 unspecified atom stereocenters. The first-order valence-corrected chi connectivity index (χ1v) is 6.88. The molecule has 5 heteroatoms. The number of hydrogen-bond acceptors (Lipinski definition) is 4. The standard InChI is InChI=1S/C15H21NO4/c1-20-14-7-12(4-5-13(14)17)10-16-6-2-3-11(9-16)8-15(18)19/h4-5,7,11,17H,2-3,6,8-10H2,1H3,(H,18,19). The Labute approximate surface area is 118 Å². The SMILES string of the molecule is COc1cc(CN2CCCC(CC(=O)O)C2)ccc1O. The number of carbonyl (C=O) groups is 1. The molecule has 0 aliphatic carbocycles. The first kappa shape index (κ1) is 14.7. The van der Waals surface area contributed by atoms with Crippen molar-refractivity contribution in [1.29, 1.82) is 0 Å². The third-order valence-electron chi connectivity index (χ3n) is 3.72. The third kappa shape index (κ3) is 3.87. The number of methoxy groups -OCH3 is 1. The summed E-state index contributed by atoms with van der Waals surface area (Å²) in [4.78, 5) is 13.1. The van der Waals surface area contributed by atoms with Crippen LogP contribution in [0.25, 0.3) is 0 Å². The number of benzene rings is 1. The highest BCUT2D eigenvalue weighted by Gasteiger charge is 2.22. The molecule has 0 spiro atoms. The molecular formula is C15H21NO4. The van der Waals surface area contributed by atoms with Crippen LogP contribution in [0.5, 0.6) is 11.5 Å². The zero-order chi connectivity index (χ0) is 14.5. The second kappa shape index (κ2) is 6.61. The molecule has 5 nitrogen and oxygen atoms in total. The van der Waals surface area contributed by atoms with Crippen LogP contribution in [0.4, 0.5) is 0 Å². The Morgan fingerprint density at radius 2 is 2.30 bits per heavy atom. The number of hydrogen-bond donors (Lipinski definition) is 2. The van der Waals surface area contributed by atoms with Gasteiger partial charge < -0.3 is 14.9 Å². The van der Waals surface area contributed by atoms with Gasteiger partial charge in [0, 0.05) is 19.5 Å². The van der Waals surface area contributed by atoms with Gasteiger partial charge in [-0.3, -0.25) is 9.69 Å². The van der Waals surface area contributed by atoms with E-state index in [1.54, 1.807) is 6.07 Å². The average molecular weight is 279 g/mol. The van der Waals surface area contributed by atoms with Crippen molar-refractivity contribution >= 4 is 5.97 Å². The lowest BCUT2D eigenvalue weighted by Crippen LogP contribution is -2.35. The smallest absolute Gasteiger partial charge is 0.303 e. The van der Waals surface area contributed by atoms with E-state index in [-0.39, 0.29) is 18.1 Å². The minimum absolute atomic E-state index is 0.138. The van der Waals surface area contributed by atoms with Crippen LogP contribution in [-0.4, -0.2) is 41.3 Å². The summed E-state index contributed by atoms with van der Waals surface area (Å²) < 4.78 is 5.10. The van der Waals surface area contributed by atoms with Crippen LogP contribution in [0.1, 0.15) is 24.8 Å². The van der Waals surface area contributed by atoms with Crippen molar-refractivity contribution in [3.8, 4) is 11.5 Å². The minimum Gasteiger partial charge on any atom is -0.504 e. The maximum absolute atomic E-state index is 10.8. The Balaban J connectivity index is 1.97. The fraction of sp³-hybridized carbons (Fsp3) is 0.533. The van der Waals surface area contributed by atoms with Gasteiger partial charge in [-0.05, 0) is 43.0 Å². The lowest BCUT2D eigenvalue weighted by molar-refractivity contribution is -0.138. The molecule has 1 aliphatic heterocycles. The number of nitrogens with zero attached hydrogens (tertiary/aromatic N) is 1. The van der Waals surface area contributed by atoms with Gasteiger partial charge in [0.2, 0.25) is 0 Å². The molecule has 1 aromatic carbocycles. The molecule has 1 aromatic rings. The molecular weight excluding hydrogens is 258 g/mol. The molecule has 0 bridgehead atoms. The summed E-state index contributed by atoms with van der Waals surface area (Å²) in [7, 11) is 1.53. The van der Waals surface area contributed by atoms with Gasteiger partial charge >= 0.3 is 5.97 Å². The zero-order valence-corrected chi connectivity index (χ0v) is 11.7. The van der Waals surface area contributed by atoms with Gasteiger partial charge in [0.25, 0.3) is 0 Å². The minimum atomic E-state index is -0.719. The van der Waals surface area contributed by atoms with Crippen LogP contribution in [0.15, 0.2) is 18.2 Å². The Hall–Kier alpha value is -1.75. The number of carboxylic acids is 1. The highest BCUT2D eigenvalue weighted by molar-refractivity contribution is 5.67. The van der Waals surface area contributed by atoms with Gasteiger partial charge in [0.1, 0.15) is 0 Å². The predicted octanol–water partition coefficient (Wildman–Crippen LogP) is 2.09. The second-order valence-electron chi connectivity index (χ2n) is 5.35. The summed E-state index contributed by atoms with van der Waals surface area (Å²) in [5.74, 6) is 0.128. The first-order chi connectivity index (χ1) is 9.58. The second-order valence-corrected chi connectivity index (χ2v) is 5.35. The maximum atomic E-state index is 10.8. The van der Waals surface area contributed by atoms with Gasteiger partial charge in [0.05, 0.1) is 7.11 Å². The van der Waals surface area contributed by atoms with Gasteiger partial charge in [-0.15, -0.1) is 0 Å². The van der Waals surface area contributed by atoms with Crippen molar-refractivity contribution in [3.05, 3.63) is 23.8 Å². The van der Waals surface area contributed by atoms with E-state index < -0.39 is 5.97 Å². The van der Waals surface area contributed by atoms with Crippen LogP contribution in [0, 0.1) is 5.92 Å². The molecule has 2 N–H and O–H groups in total. The largest absolute Gasteiger partial charge is 0.504 e. The van der Waals surface area contributed by atoms with E-state index >= 15 is 0 Å². The quantitative estimate of drug-likeness (QED) is 0.863. The maximum Gasteiger partial charge on any atom is 0.303 e. The Morgan fingerprint density at radius 1 is 1.50 bits per heavy atom. The predicted molar refractivity (Wildman–Crippen MR) is 74.9 cm³/mol. The molecule has 1 fully saturated rings. The molecule has 0 radical (unpaired) electrons. The van der Waals surface area contributed by atoms with E-state index in [2.05, 4.69) is 4.90 Å². The summed E-state index contributed by atoms with van der Waals surface area (Å²) in [5, 5.41) is 18.5. The van der Waals surface area contributed by atoms with Gasteiger partial charge in [-0.25, -0.2) is 0 Å².